The molecule has 0 spiro atoms. The van der Waals surface area contributed by atoms with Gasteiger partial charge in [-0.25, -0.2) is 8.78 Å². The lowest BCUT2D eigenvalue weighted by atomic mass is 9.92. The van der Waals surface area contributed by atoms with E-state index in [9.17, 15) is 13.6 Å². The minimum Gasteiger partial charge on any atom is -0.330 e. The maximum Gasteiger partial charge on any atom is 0.272 e. The molecule has 144 valence electrons. The molecule has 1 atom stereocenters. The molecular weight excluding hydrogens is 360 g/mol. The summed E-state index contributed by atoms with van der Waals surface area (Å²) in [4.78, 5) is 14.6. The van der Waals surface area contributed by atoms with Gasteiger partial charge in [0.05, 0.1) is 11.7 Å². The molecule has 2 heterocycles. The third kappa shape index (κ3) is 3.09. The average Bonchev–Trinajstić information content (AvgIpc) is 3.14. The SMILES string of the molecule is Cc1ccc(-c2cc(C(=O)N3CCc4c(F)cc(F)cc4C3C)[nH]n2)cc1C. The van der Waals surface area contributed by atoms with Crippen molar-refractivity contribution in [2.45, 2.75) is 33.2 Å². The monoisotopic (exact) mass is 381 g/mol. The molecule has 0 saturated carbocycles. The number of hydrogen-bond donors (Lipinski definition) is 1. The van der Waals surface area contributed by atoms with E-state index in [1.165, 1.54) is 11.6 Å². The number of benzene rings is 2. The van der Waals surface area contributed by atoms with Gasteiger partial charge in [0.2, 0.25) is 0 Å². The van der Waals surface area contributed by atoms with Gasteiger partial charge < -0.3 is 4.90 Å². The van der Waals surface area contributed by atoms with Gasteiger partial charge in [0.1, 0.15) is 17.3 Å². The Morgan fingerprint density at radius 3 is 2.68 bits per heavy atom. The van der Waals surface area contributed by atoms with E-state index in [0.717, 1.165) is 17.2 Å². The molecule has 1 amide bonds. The van der Waals surface area contributed by atoms with Gasteiger partial charge in [-0.05, 0) is 67.6 Å². The van der Waals surface area contributed by atoms with Gasteiger partial charge in [0.15, 0.2) is 0 Å². The van der Waals surface area contributed by atoms with Crippen molar-refractivity contribution in [3.63, 3.8) is 0 Å². The molecule has 0 saturated heterocycles. The maximum atomic E-state index is 14.0. The van der Waals surface area contributed by atoms with Crippen LogP contribution >= 0.6 is 0 Å². The summed E-state index contributed by atoms with van der Waals surface area (Å²) in [5.74, 6) is -1.41. The van der Waals surface area contributed by atoms with Crippen molar-refractivity contribution >= 4 is 5.91 Å². The number of halogens is 2. The van der Waals surface area contributed by atoms with Crippen molar-refractivity contribution in [1.29, 1.82) is 0 Å². The summed E-state index contributed by atoms with van der Waals surface area (Å²) in [6.07, 6.45) is 0.357. The summed E-state index contributed by atoms with van der Waals surface area (Å²) in [6.45, 7) is 6.23. The van der Waals surface area contributed by atoms with E-state index in [0.29, 0.717) is 35.5 Å². The van der Waals surface area contributed by atoms with Crippen LogP contribution in [-0.4, -0.2) is 27.5 Å². The normalized spacial score (nSPS) is 16.2. The Morgan fingerprint density at radius 2 is 1.93 bits per heavy atom. The summed E-state index contributed by atoms with van der Waals surface area (Å²) in [6, 6.07) is 9.54. The highest BCUT2D eigenvalue weighted by molar-refractivity contribution is 5.94. The lowest BCUT2D eigenvalue weighted by Gasteiger charge is -2.35. The van der Waals surface area contributed by atoms with E-state index in [2.05, 4.69) is 10.2 Å². The molecule has 3 aromatic rings. The number of fused-ring (bicyclic) bond motifs is 1. The second kappa shape index (κ2) is 6.86. The van der Waals surface area contributed by atoms with Crippen LogP contribution in [0.15, 0.2) is 36.4 Å². The Hall–Kier alpha value is -3.02. The van der Waals surface area contributed by atoms with Crippen molar-refractivity contribution in [3.8, 4) is 11.3 Å². The highest BCUT2D eigenvalue weighted by Gasteiger charge is 2.31. The lowest BCUT2D eigenvalue weighted by Crippen LogP contribution is -2.39. The predicted octanol–water partition coefficient (Wildman–Crippen LogP) is 4.73. The Balaban J connectivity index is 1.62. The topological polar surface area (TPSA) is 49.0 Å². The number of hydrogen-bond acceptors (Lipinski definition) is 2. The molecule has 1 aliphatic heterocycles. The van der Waals surface area contributed by atoms with Gasteiger partial charge in [-0.15, -0.1) is 0 Å². The summed E-state index contributed by atoms with van der Waals surface area (Å²) in [5, 5.41) is 7.09. The first kappa shape index (κ1) is 18.3. The molecule has 2 aromatic carbocycles. The first-order valence-electron chi connectivity index (χ1n) is 9.27. The third-order valence-electron chi connectivity index (χ3n) is 5.59. The number of nitrogens with zero attached hydrogens (tertiary/aromatic N) is 2. The van der Waals surface area contributed by atoms with Crippen molar-refractivity contribution in [2.75, 3.05) is 6.54 Å². The number of amides is 1. The lowest BCUT2D eigenvalue weighted by molar-refractivity contribution is 0.0669. The molecule has 4 nitrogen and oxygen atoms in total. The van der Waals surface area contributed by atoms with E-state index >= 15 is 0 Å². The Labute approximate surface area is 162 Å². The van der Waals surface area contributed by atoms with Gasteiger partial charge in [-0.3, -0.25) is 9.89 Å². The van der Waals surface area contributed by atoms with Crippen molar-refractivity contribution in [1.82, 2.24) is 15.1 Å². The zero-order valence-electron chi connectivity index (χ0n) is 16.0. The summed E-state index contributed by atoms with van der Waals surface area (Å²) < 4.78 is 27.7. The number of aromatic amines is 1. The molecule has 28 heavy (non-hydrogen) atoms. The number of carbonyl (C=O) groups is 1. The highest BCUT2D eigenvalue weighted by Crippen LogP contribution is 2.33. The van der Waals surface area contributed by atoms with Gasteiger partial charge >= 0.3 is 0 Å². The van der Waals surface area contributed by atoms with E-state index < -0.39 is 17.7 Å². The highest BCUT2D eigenvalue weighted by atomic mass is 19.1. The van der Waals surface area contributed by atoms with Crippen LogP contribution in [0.2, 0.25) is 0 Å². The van der Waals surface area contributed by atoms with Crippen LogP contribution in [0.3, 0.4) is 0 Å². The first-order valence-corrected chi connectivity index (χ1v) is 9.27. The summed E-state index contributed by atoms with van der Waals surface area (Å²) in [7, 11) is 0. The summed E-state index contributed by atoms with van der Waals surface area (Å²) >= 11 is 0. The molecule has 0 aliphatic carbocycles. The standard InChI is InChI=1S/C22H21F2N3O/c1-12-4-5-15(8-13(12)2)20-11-21(26-25-20)22(28)27-7-6-17-18(14(27)3)9-16(23)10-19(17)24/h4-5,8-11,14H,6-7H2,1-3H3,(H,25,26). The van der Waals surface area contributed by atoms with Crippen molar-refractivity contribution in [2.24, 2.45) is 0 Å². The van der Waals surface area contributed by atoms with Gasteiger partial charge in [0.25, 0.3) is 5.91 Å². The smallest absolute Gasteiger partial charge is 0.272 e. The molecule has 1 aliphatic rings. The minimum absolute atomic E-state index is 0.231. The Bertz CT molecular complexity index is 1070. The molecule has 0 radical (unpaired) electrons. The number of aryl methyl sites for hydroxylation is 2. The Kier molecular flexibility index (Phi) is 4.49. The number of rotatable bonds is 2. The van der Waals surface area contributed by atoms with E-state index in [4.69, 9.17) is 0 Å². The predicted molar refractivity (Wildman–Crippen MR) is 103 cm³/mol. The summed E-state index contributed by atoms with van der Waals surface area (Å²) in [5.41, 5.74) is 5.33. The van der Waals surface area contributed by atoms with Crippen LogP contribution in [0.4, 0.5) is 8.78 Å². The van der Waals surface area contributed by atoms with Crippen LogP contribution in [0.1, 0.15) is 45.7 Å². The molecule has 0 fully saturated rings. The van der Waals surface area contributed by atoms with Crippen molar-refractivity contribution in [3.05, 3.63) is 76.0 Å². The molecule has 1 aromatic heterocycles. The van der Waals surface area contributed by atoms with Crippen LogP contribution in [-0.2, 0) is 6.42 Å². The van der Waals surface area contributed by atoms with E-state index in [1.54, 1.807) is 17.9 Å². The van der Waals surface area contributed by atoms with Crippen LogP contribution in [0.5, 0.6) is 0 Å². The van der Waals surface area contributed by atoms with Crippen LogP contribution < -0.4 is 0 Å². The number of nitrogens with one attached hydrogen (secondary N) is 1. The maximum absolute atomic E-state index is 14.0. The quantitative estimate of drug-likeness (QED) is 0.698. The fourth-order valence-corrected chi connectivity index (χ4v) is 3.77. The molecule has 6 heteroatoms. The number of carbonyl (C=O) groups excluding carboxylic acids is 1. The second-order valence-electron chi connectivity index (χ2n) is 7.35. The first-order chi connectivity index (χ1) is 13.3. The third-order valence-corrected chi connectivity index (χ3v) is 5.59. The number of H-pyrrole nitrogens is 1. The molecular formula is C22H21F2N3O. The van der Waals surface area contributed by atoms with Gasteiger partial charge in [0, 0.05) is 18.2 Å². The van der Waals surface area contributed by atoms with Crippen molar-refractivity contribution < 1.29 is 13.6 Å². The van der Waals surface area contributed by atoms with E-state index in [1.807, 2.05) is 32.0 Å². The van der Waals surface area contributed by atoms with Gasteiger partial charge in [-0.1, -0.05) is 12.1 Å². The average molecular weight is 381 g/mol. The molecule has 1 unspecified atom stereocenters. The number of aromatic nitrogens is 2. The fraction of sp³-hybridized carbons (Fsp3) is 0.273. The van der Waals surface area contributed by atoms with Gasteiger partial charge in [-0.2, -0.15) is 5.10 Å². The fourth-order valence-electron chi connectivity index (χ4n) is 3.77. The zero-order chi connectivity index (χ0) is 20.0. The van der Waals surface area contributed by atoms with Crippen LogP contribution in [0, 0.1) is 25.5 Å². The zero-order valence-corrected chi connectivity index (χ0v) is 16.0. The molecule has 4 rings (SSSR count). The van der Waals surface area contributed by atoms with E-state index in [-0.39, 0.29) is 5.91 Å². The largest absolute Gasteiger partial charge is 0.330 e. The Morgan fingerprint density at radius 1 is 1.14 bits per heavy atom. The minimum atomic E-state index is -0.629. The molecule has 0 bridgehead atoms. The second-order valence-corrected chi connectivity index (χ2v) is 7.35. The van der Waals surface area contributed by atoms with Crippen LogP contribution in [0.25, 0.3) is 11.3 Å². The molecule has 1 N–H and O–H groups in total.